The fourth-order valence-corrected chi connectivity index (χ4v) is 1.34. The first kappa shape index (κ1) is 8.89. The summed E-state index contributed by atoms with van der Waals surface area (Å²) in [6.07, 6.45) is 1.19. The number of halogens is 1. The van der Waals surface area contributed by atoms with Gasteiger partial charge in [0.25, 0.3) is 0 Å². The van der Waals surface area contributed by atoms with Gasteiger partial charge in [0.05, 0.1) is 6.20 Å². The van der Waals surface area contributed by atoms with Crippen LogP contribution < -0.4 is 0 Å². The molecule has 0 saturated carbocycles. The summed E-state index contributed by atoms with van der Waals surface area (Å²) in [6, 6.07) is 0. The van der Waals surface area contributed by atoms with Gasteiger partial charge in [-0.2, -0.15) is 9.61 Å². The van der Waals surface area contributed by atoms with Gasteiger partial charge in [0.1, 0.15) is 11.4 Å². The summed E-state index contributed by atoms with van der Waals surface area (Å²) in [5.41, 5.74) is 0.215. The Morgan fingerprint density at radius 3 is 2.93 bits per heavy atom. The molecule has 2 rings (SSSR count). The topological polar surface area (TPSA) is 80.4 Å². The summed E-state index contributed by atoms with van der Waals surface area (Å²) < 4.78 is 1.18. The van der Waals surface area contributed by atoms with E-state index in [0.29, 0.717) is 5.82 Å². The molecule has 0 spiro atoms. The van der Waals surface area contributed by atoms with Gasteiger partial charge >= 0.3 is 5.97 Å². The summed E-state index contributed by atoms with van der Waals surface area (Å²) in [5.74, 6) is -0.681. The van der Waals surface area contributed by atoms with E-state index in [1.54, 1.807) is 6.92 Å². The van der Waals surface area contributed by atoms with Crippen LogP contribution in [0.5, 0.6) is 0 Å². The van der Waals surface area contributed by atoms with Gasteiger partial charge in [-0.1, -0.05) is 0 Å². The zero-order valence-corrected chi connectivity index (χ0v) is 7.86. The Balaban J connectivity index is 2.85. The predicted octanol–water partition coefficient (Wildman–Crippen LogP) is 0.784. The Kier molecular flexibility index (Phi) is 1.85. The van der Waals surface area contributed by atoms with Gasteiger partial charge in [-0.05, 0) is 18.5 Å². The second kappa shape index (κ2) is 2.91. The van der Waals surface area contributed by atoms with Gasteiger partial charge in [0.15, 0.2) is 5.65 Å². The van der Waals surface area contributed by atoms with Crippen molar-refractivity contribution in [3.8, 4) is 0 Å². The van der Waals surface area contributed by atoms with E-state index in [9.17, 15) is 4.79 Å². The van der Waals surface area contributed by atoms with Gasteiger partial charge in [0, 0.05) is 0 Å². The average Bonchev–Trinajstić information content (AvgIpc) is 2.47. The standard InChI is InChI=1S/C7H5ClN4O2/c1-3-10-5-4(6(13)14)2-9-12(5)7(8)11-3/h2H,1H3,(H,13,14). The van der Waals surface area contributed by atoms with E-state index in [1.165, 1.54) is 10.7 Å². The van der Waals surface area contributed by atoms with Crippen molar-refractivity contribution in [1.29, 1.82) is 0 Å². The predicted molar refractivity (Wildman–Crippen MR) is 47.5 cm³/mol. The molecule has 2 aromatic rings. The van der Waals surface area contributed by atoms with Crippen LogP contribution in [0.3, 0.4) is 0 Å². The smallest absolute Gasteiger partial charge is 0.341 e. The summed E-state index contributed by atoms with van der Waals surface area (Å²) in [5, 5.41) is 12.7. The van der Waals surface area contributed by atoms with Crippen molar-refractivity contribution >= 4 is 23.2 Å². The third-order valence-electron chi connectivity index (χ3n) is 1.67. The number of fused-ring (bicyclic) bond motifs is 1. The monoisotopic (exact) mass is 212 g/mol. The van der Waals surface area contributed by atoms with E-state index < -0.39 is 5.97 Å². The van der Waals surface area contributed by atoms with E-state index in [4.69, 9.17) is 16.7 Å². The lowest BCUT2D eigenvalue weighted by molar-refractivity contribution is 0.0699. The third-order valence-corrected chi connectivity index (χ3v) is 1.92. The van der Waals surface area contributed by atoms with E-state index in [2.05, 4.69) is 15.1 Å². The maximum atomic E-state index is 10.7. The molecule has 0 unspecified atom stereocenters. The van der Waals surface area contributed by atoms with Gasteiger partial charge in [-0.25, -0.2) is 14.8 Å². The summed E-state index contributed by atoms with van der Waals surface area (Å²) in [6.45, 7) is 1.63. The number of carboxylic acids is 1. The van der Waals surface area contributed by atoms with Crippen molar-refractivity contribution in [2.75, 3.05) is 0 Å². The highest BCUT2D eigenvalue weighted by atomic mass is 35.5. The molecular formula is C7H5ClN4O2. The SMILES string of the molecule is Cc1nc(Cl)n2ncc(C(=O)O)c2n1. The first-order chi connectivity index (χ1) is 6.59. The number of hydrogen-bond donors (Lipinski definition) is 1. The number of rotatable bonds is 1. The molecule has 0 atom stereocenters. The zero-order valence-electron chi connectivity index (χ0n) is 7.10. The van der Waals surface area contributed by atoms with Crippen LogP contribution in [0.25, 0.3) is 5.65 Å². The minimum atomic E-state index is -1.09. The van der Waals surface area contributed by atoms with Crippen LogP contribution >= 0.6 is 11.6 Å². The van der Waals surface area contributed by atoms with Crippen molar-refractivity contribution in [2.45, 2.75) is 6.92 Å². The molecule has 2 heterocycles. The quantitative estimate of drug-likeness (QED) is 0.756. The molecule has 0 radical (unpaired) electrons. The zero-order chi connectivity index (χ0) is 10.3. The number of hydrogen-bond acceptors (Lipinski definition) is 4. The molecule has 2 aromatic heterocycles. The van der Waals surface area contributed by atoms with E-state index in [-0.39, 0.29) is 16.5 Å². The maximum absolute atomic E-state index is 10.7. The molecule has 6 nitrogen and oxygen atoms in total. The molecule has 0 saturated heterocycles. The van der Waals surface area contributed by atoms with E-state index >= 15 is 0 Å². The molecule has 0 fully saturated rings. The number of carbonyl (C=O) groups is 1. The average molecular weight is 213 g/mol. The maximum Gasteiger partial charge on any atom is 0.341 e. The van der Waals surface area contributed by atoms with Crippen molar-refractivity contribution in [3.63, 3.8) is 0 Å². The summed E-state index contributed by atoms with van der Waals surface area (Å²) in [4.78, 5) is 18.5. The Morgan fingerprint density at radius 1 is 1.57 bits per heavy atom. The third kappa shape index (κ3) is 1.20. The molecule has 0 aromatic carbocycles. The molecular weight excluding hydrogens is 208 g/mol. The van der Waals surface area contributed by atoms with Crippen molar-refractivity contribution in [1.82, 2.24) is 19.6 Å². The van der Waals surface area contributed by atoms with Crippen molar-refractivity contribution in [2.24, 2.45) is 0 Å². The van der Waals surface area contributed by atoms with Gasteiger partial charge < -0.3 is 5.11 Å². The van der Waals surface area contributed by atoms with E-state index in [0.717, 1.165) is 0 Å². The molecule has 14 heavy (non-hydrogen) atoms. The van der Waals surface area contributed by atoms with Crippen LogP contribution in [0.1, 0.15) is 16.2 Å². The molecule has 0 bridgehead atoms. The number of nitrogens with zero attached hydrogens (tertiary/aromatic N) is 4. The Labute approximate surface area is 83.2 Å². The second-order valence-corrected chi connectivity index (χ2v) is 2.98. The highest BCUT2D eigenvalue weighted by Gasteiger charge is 2.14. The van der Waals surface area contributed by atoms with Gasteiger partial charge in [0.2, 0.25) is 5.28 Å². The molecule has 7 heteroatoms. The molecule has 0 aliphatic heterocycles. The number of aryl methyl sites for hydroxylation is 1. The van der Waals surface area contributed by atoms with Crippen molar-refractivity contribution in [3.05, 3.63) is 22.9 Å². The molecule has 0 aliphatic rings. The van der Waals surface area contributed by atoms with Crippen LogP contribution in [0.4, 0.5) is 0 Å². The first-order valence-electron chi connectivity index (χ1n) is 3.71. The van der Waals surface area contributed by atoms with Crippen LogP contribution in [-0.2, 0) is 0 Å². The number of aromatic carboxylic acids is 1. The van der Waals surface area contributed by atoms with E-state index in [1.807, 2.05) is 0 Å². The van der Waals surface area contributed by atoms with Crippen LogP contribution in [-0.4, -0.2) is 30.7 Å². The molecule has 72 valence electrons. The normalized spacial score (nSPS) is 10.7. The Morgan fingerprint density at radius 2 is 2.29 bits per heavy atom. The van der Waals surface area contributed by atoms with Crippen LogP contribution in [0.15, 0.2) is 6.20 Å². The second-order valence-electron chi connectivity index (χ2n) is 2.64. The fourth-order valence-electron chi connectivity index (χ4n) is 1.09. The van der Waals surface area contributed by atoms with Gasteiger partial charge in [-0.15, -0.1) is 0 Å². The summed E-state index contributed by atoms with van der Waals surface area (Å²) >= 11 is 5.74. The van der Waals surface area contributed by atoms with Crippen LogP contribution in [0, 0.1) is 6.92 Å². The molecule has 1 N–H and O–H groups in total. The Bertz CT molecular complexity index is 522. The molecule has 0 amide bonds. The Hall–Kier alpha value is -1.69. The number of aromatic nitrogens is 4. The van der Waals surface area contributed by atoms with Gasteiger partial charge in [-0.3, -0.25) is 0 Å². The van der Waals surface area contributed by atoms with Crippen LogP contribution in [0.2, 0.25) is 5.28 Å². The molecule has 0 aliphatic carbocycles. The lowest BCUT2D eigenvalue weighted by Crippen LogP contribution is -2.02. The highest BCUT2D eigenvalue weighted by Crippen LogP contribution is 2.12. The van der Waals surface area contributed by atoms with Crippen molar-refractivity contribution < 1.29 is 9.90 Å². The first-order valence-corrected chi connectivity index (χ1v) is 4.08. The largest absolute Gasteiger partial charge is 0.477 e. The highest BCUT2D eigenvalue weighted by molar-refractivity contribution is 6.28. The lowest BCUT2D eigenvalue weighted by atomic mass is 10.3. The summed E-state index contributed by atoms with van der Waals surface area (Å²) in [7, 11) is 0. The lowest BCUT2D eigenvalue weighted by Gasteiger charge is -1.97. The minimum Gasteiger partial charge on any atom is -0.477 e. The minimum absolute atomic E-state index is 0.0115. The fraction of sp³-hybridized carbons (Fsp3) is 0.143. The number of carboxylic acid groups (broad SMARTS) is 1.